The third kappa shape index (κ3) is 11.1. The molecule has 1 aromatic carbocycles. The van der Waals surface area contributed by atoms with Crippen LogP contribution in [-0.4, -0.2) is 143 Å². The predicted octanol–water partition coefficient (Wildman–Crippen LogP) is 4.48. The maximum atomic E-state index is 14.7. The number of likely N-dealkylation sites (N-methyl/N-ethyl adjacent to an activating group) is 1. The van der Waals surface area contributed by atoms with Gasteiger partial charge in [0.2, 0.25) is 11.8 Å². The van der Waals surface area contributed by atoms with E-state index in [9.17, 15) is 24.0 Å². The lowest BCUT2D eigenvalue weighted by Gasteiger charge is -2.37. The van der Waals surface area contributed by atoms with Crippen LogP contribution >= 0.6 is 0 Å². The molecule has 362 valence electrons. The third-order valence-corrected chi connectivity index (χ3v) is 13.2. The Morgan fingerprint density at radius 3 is 2.56 bits per heavy atom. The first kappa shape index (κ1) is 49.7. The first-order valence-electron chi connectivity index (χ1n) is 23.8. The van der Waals surface area contributed by atoms with Crippen molar-refractivity contribution in [3.63, 3.8) is 0 Å². The van der Waals surface area contributed by atoms with Crippen molar-refractivity contribution in [1.82, 2.24) is 45.0 Å². The number of hydrogen-bond acceptors (Lipinski definition) is 11. The lowest BCUT2D eigenvalue weighted by atomic mass is 9.84. The Morgan fingerprint density at radius 1 is 1.03 bits per heavy atom. The summed E-state index contributed by atoms with van der Waals surface area (Å²) in [6.45, 7) is 12.6. The fourth-order valence-corrected chi connectivity index (χ4v) is 9.84. The van der Waals surface area contributed by atoms with Gasteiger partial charge in [0.15, 0.2) is 0 Å². The quantitative estimate of drug-likeness (QED) is 0.170. The molecule has 4 aromatic rings. The van der Waals surface area contributed by atoms with Crippen LogP contribution in [0.25, 0.3) is 33.3 Å². The molecule has 4 amide bonds. The van der Waals surface area contributed by atoms with Crippen molar-refractivity contribution in [2.24, 2.45) is 17.3 Å². The van der Waals surface area contributed by atoms with E-state index in [0.717, 1.165) is 44.4 Å². The van der Waals surface area contributed by atoms with Crippen molar-refractivity contribution in [1.29, 1.82) is 0 Å². The number of benzene rings is 1. The fourth-order valence-electron chi connectivity index (χ4n) is 9.84. The topological polar surface area (TPSA) is 172 Å². The van der Waals surface area contributed by atoms with E-state index in [0.29, 0.717) is 64.0 Å². The minimum atomic E-state index is -1.10. The molecular formula is C52H67N9O7. The molecule has 0 unspecified atom stereocenters. The summed E-state index contributed by atoms with van der Waals surface area (Å²) in [6.07, 6.45) is 9.27. The Hall–Kier alpha value is -6.15. The van der Waals surface area contributed by atoms with Gasteiger partial charge in [-0.25, -0.2) is 5.43 Å². The number of amides is 4. The zero-order valence-electron chi connectivity index (χ0n) is 41.1. The molecule has 0 spiro atoms. The molecule has 7 rings (SSSR count). The van der Waals surface area contributed by atoms with Gasteiger partial charge in [0.05, 0.1) is 31.4 Å². The maximum Gasteiger partial charge on any atom is 0.324 e. The number of nitrogens with zero attached hydrogens (tertiary/aromatic N) is 7. The zero-order chi connectivity index (χ0) is 48.9. The Balaban J connectivity index is 1.24. The summed E-state index contributed by atoms with van der Waals surface area (Å²) in [6, 6.07) is 7.55. The van der Waals surface area contributed by atoms with Crippen LogP contribution in [0.3, 0.4) is 0 Å². The summed E-state index contributed by atoms with van der Waals surface area (Å²) in [4.78, 5) is 84.2. The van der Waals surface area contributed by atoms with E-state index in [2.05, 4.69) is 76.1 Å². The van der Waals surface area contributed by atoms with Crippen LogP contribution in [0.2, 0.25) is 0 Å². The van der Waals surface area contributed by atoms with Gasteiger partial charge in [0.1, 0.15) is 18.1 Å². The number of hydrazine groups is 1. The molecule has 0 aliphatic carbocycles. The number of aryl methyl sites for hydroxylation is 1. The highest BCUT2D eigenvalue weighted by molar-refractivity contribution is 5.97. The summed E-state index contributed by atoms with van der Waals surface area (Å²) in [5, 5.41) is 5.51. The van der Waals surface area contributed by atoms with Crippen LogP contribution in [-0.2, 0) is 59.4 Å². The molecule has 16 heteroatoms. The molecule has 2 N–H and O–H groups in total. The molecule has 68 heavy (non-hydrogen) atoms. The first-order valence-corrected chi connectivity index (χ1v) is 23.8. The molecule has 3 aliphatic heterocycles. The smallest absolute Gasteiger partial charge is 0.324 e. The molecule has 16 nitrogen and oxygen atoms in total. The van der Waals surface area contributed by atoms with Crippen LogP contribution in [0, 0.1) is 29.1 Å². The first-order chi connectivity index (χ1) is 32.5. The number of nitrogens with one attached hydrogen (secondary N) is 2. The Morgan fingerprint density at radius 2 is 1.82 bits per heavy atom. The number of carbonyl (C=O) groups excluding carboxylic acids is 5. The molecule has 3 aromatic heterocycles. The van der Waals surface area contributed by atoms with Gasteiger partial charge in [-0.05, 0) is 105 Å². The average Bonchev–Trinajstić information content (AvgIpc) is 3.93. The number of methoxy groups -OCH3 is 1. The van der Waals surface area contributed by atoms with Crippen molar-refractivity contribution in [3.05, 3.63) is 71.8 Å². The lowest BCUT2D eigenvalue weighted by Crippen LogP contribution is -2.62. The summed E-state index contributed by atoms with van der Waals surface area (Å²) in [5.74, 6) is 2.72. The van der Waals surface area contributed by atoms with E-state index in [1.165, 1.54) is 9.91 Å². The molecule has 0 radical (unpaired) electrons. The fraction of sp³-hybridized carbons (Fsp3) is 0.519. The van der Waals surface area contributed by atoms with Crippen LogP contribution in [0.15, 0.2) is 55.1 Å². The molecule has 3 aliphatic rings. The standard InChI is InChI=1S/C52H67N9O7/c1-10-60-44-16-15-35-25-39(44)40(47(60)41-29-53-19-17-37(41)31-67-9)26-52(4,5)32-68-51(66)42-13-11-21-61(56-42)50(65)43(24-34-23-38(35)28-54-27-34)55-48(63)46(33(2)3)58(8)49(64)36-18-22-59(30-36)45(62)14-12-20-57(6)7/h15-17,19,23,25,27-29,33,36,42-43,46,56H,10-11,13,18,20-22,24,26,30-32H2,1-9H3,(H,55,63)/t36-,42-,43-,46-/m0/s1. The van der Waals surface area contributed by atoms with E-state index < -0.39 is 47.2 Å². The van der Waals surface area contributed by atoms with Crippen LogP contribution < -0.4 is 10.7 Å². The van der Waals surface area contributed by atoms with Gasteiger partial charge in [-0.2, -0.15) is 0 Å². The van der Waals surface area contributed by atoms with Gasteiger partial charge in [-0.1, -0.05) is 39.7 Å². The largest absolute Gasteiger partial charge is 0.464 e. The number of pyridine rings is 2. The normalized spacial score (nSPS) is 20.1. The third-order valence-electron chi connectivity index (χ3n) is 13.2. The van der Waals surface area contributed by atoms with Crippen LogP contribution in [0.1, 0.15) is 70.6 Å². The predicted molar refractivity (Wildman–Crippen MR) is 259 cm³/mol. The van der Waals surface area contributed by atoms with Crippen LogP contribution in [0.5, 0.6) is 0 Å². The van der Waals surface area contributed by atoms with E-state index in [4.69, 9.17) is 9.47 Å². The summed E-state index contributed by atoms with van der Waals surface area (Å²) in [5.41, 5.74) is 10.3. The Kier molecular flexibility index (Phi) is 15.7. The Labute approximate surface area is 400 Å². The van der Waals surface area contributed by atoms with E-state index >= 15 is 0 Å². The highest BCUT2D eigenvalue weighted by atomic mass is 16.5. The minimum Gasteiger partial charge on any atom is -0.464 e. The number of aromatic nitrogens is 3. The molecule has 2 fully saturated rings. The number of hydrogen-bond donors (Lipinski definition) is 2. The van der Waals surface area contributed by atoms with Crippen LogP contribution in [0.4, 0.5) is 0 Å². The number of ether oxygens (including phenoxy) is 2. The number of fused-ring (bicyclic) bond motifs is 6. The molecule has 4 atom stereocenters. The molecular weight excluding hydrogens is 863 g/mol. The highest BCUT2D eigenvalue weighted by Gasteiger charge is 2.40. The van der Waals surface area contributed by atoms with Gasteiger partial charge < -0.3 is 29.2 Å². The van der Waals surface area contributed by atoms with Crippen molar-refractivity contribution in [3.8, 4) is 34.2 Å². The number of cyclic esters (lactones) is 1. The SMILES string of the molecule is CCn1c(-c2cnccc2COC)c2c3cc(ccc31)-c1cncc(c1)C[C@H](NC(=O)[C@H](C(C)C)N(C)C(=O)[C@H]1CCN(C(=O)C#CCN(C)C)C1)C(=O)N1CCC[C@H](N1)C(=O)OCC(C)(C)C2. The van der Waals surface area contributed by atoms with Gasteiger partial charge in [-0.3, -0.25) is 43.8 Å². The molecule has 2 saturated heterocycles. The second kappa shape index (κ2) is 21.4. The van der Waals surface area contributed by atoms with Gasteiger partial charge in [0, 0.05) is 99.0 Å². The van der Waals surface area contributed by atoms with Gasteiger partial charge in [-0.15, -0.1) is 0 Å². The number of esters is 1. The maximum absolute atomic E-state index is 14.7. The van der Waals surface area contributed by atoms with Crippen molar-refractivity contribution >= 4 is 40.5 Å². The summed E-state index contributed by atoms with van der Waals surface area (Å²) >= 11 is 0. The van der Waals surface area contributed by atoms with Crippen molar-refractivity contribution in [2.75, 3.05) is 61.0 Å². The van der Waals surface area contributed by atoms with Crippen molar-refractivity contribution in [2.45, 2.75) is 98.0 Å². The van der Waals surface area contributed by atoms with Crippen molar-refractivity contribution < 1.29 is 33.4 Å². The number of likely N-dealkylation sites (tertiary alicyclic amines) is 1. The minimum absolute atomic E-state index is 0.0804. The van der Waals surface area contributed by atoms with E-state index in [1.54, 1.807) is 37.6 Å². The number of rotatable bonds is 10. The Bertz CT molecular complexity index is 2590. The molecule has 6 heterocycles. The molecule has 6 bridgehead atoms. The second-order valence-corrected chi connectivity index (χ2v) is 19.8. The zero-order valence-corrected chi connectivity index (χ0v) is 41.1. The van der Waals surface area contributed by atoms with Gasteiger partial charge >= 0.3 is 5.97 Å². The average molecular weight is 930 g/mol. The van der Waals surface area contributed by atoms with E-state index in [-0.39, 0.29) is 37.3 Å². The number of carbonyl (C=O) groups is 5. The second-order valence-electron chi connectivity index (χ2n) is 19.8. The van der Waals surface area contributed by atoms with Gasteiger partial charge in [0.25, 0.3) is 11.8 Å². The van der Waals surface area contributed by atoms with E-state index in [1.807, 2.05) is 51.2 Å². The molecule has 0 saturated carbocycles. The monoisotopic (exact) mass is 930 g/mol. The summed E-state index contributed by atoms with van der Waals surface area (Å²) < 4.78 is 14.1. The highest BCUT2D eigenvalue weighted by Crippen LogP contribution is 2.41. The summed E-state index contributed by atoms with van der Waals surface area (Å²) in [7, 11) is 7.03. The lowest BCUT2D eigenvalue weighted by molar-refractivity contribution is -0.155.